The van der Waals surface area contributed by atoms with E-state index in [2.05, 4.69) is 12.6 Å². The molecule has 1 aromatic carbocycles. The Balaban J connectivity index is 2.53. The second-order valence-electron chi connectivity index (χ2n) is 3.18. The summed E-state index contributed by atoms with van der Waals surface area (Å²) in [6.07, 6.45) is 3.89. The van der Waals surface area contributed by atoms with Gasteiger partial charge in [0.2, 0.25) is 0 Å². The Morgan fingerprint density at radius 2 is 1.81 bits per heavy atom. The fourth-order valence-corrected chi connectivity index (χ4v) is 4.32. The first kappa shape index (κ1) is 12.1. The molecule has 0 N–H and O–H groups in total. The minimum atomic E-state index is -3.67. The molecule has 86 valence electrons. The second-order valence-corrected chi connectivity index (χ2v) is 8.12. The van der Waals surface area contributed by atoms with E-state index in [0.29, 0.717) is 0 Å². The lowest BCUT2D eigenvalue weighted by Crippen LogP contribution is -1.91. The number of hydrogen-bond acceptors (Lipinski definition) is 3. The van der Waals surface area contributed by atoms with Gasteiger partial charge in [0.05, 0.1) is 4.90 Å². The van der Waals surface area contributed by atoms with Gasteiger partial charge in [0.1, 0.15) is 0 Å². The Morgan fingerprint density at radius 1 is 1.19 bits per heavy atom. The van der Waals surface area contributed by atoms with Gasteiger partial charge < -0.3 is 0 Å². The maximum absolute atomic E-state index is 11.2. The standard InChI is InChI=1S/C10H9ClO2S3/c11-16(12,13)8-3-4-9(14)10(7-8)15-5-1-2-6-15/h1-7,14-15H. The Morgan fingerprint density at radius 3 is 2.38 bits per heavy atom. The van der Waals surface area contributed by atoms with Gasteiger partial charge in [-0.05, 0) is 29.0 Å². The van der Waals surface area contributed by atoms with Crippen molar-refractivity contribution in [2.75, 3.05) is 0 Å². The van der Waals surface area contributed by atoms with Crippen LogP contribution in [0, 0.1) is 0 Å². The molecule has 0 aromatic heterocycles. The molecule has 0 spiro atoms. The third-order valence-electron chi connectivity index (χ3n) is 2.11. The van der Waals surface area contributed by atoms with E-state index in [-0.39, 0.29) is 4.90 Å². The second kappa shape index (κ2) is 4.49. The average molecular weight is 293 g/mol. The third-order valence-corrected chi connectivity index (χ3v) is 5.94. The van der Waals surface area contributed by atoms with Crippen LogP contribution < -0.4 is 0 Å². The van der Waals surface area contributed by atoms with Gasteiger partial charge >= 0.3 is 0 Å². The van der Waals surface area contributed by atoms with E-state index in [0.717, 1.165) is 9.79 Å². The van der Waals surface area contributed by atoms with Crippen LogP contribution in [0.4, 0.5) is 0 Å². The van der Waals surface area contributed by atoms with E-state index in [1.165, 1.54) is 6.07 Å². The van der Waals surface area contributed by atoms with Crippen molar-refractivity contribution in [3.8, 4) is 0 Å². The van der Waals surface area contributed by atoms with Crippen molar-refractivity contribution in [1.29, 1.82) is 0 Å². The zero-order valence-corrected chi connectivity index (χ0v) is 11.4. The first-order chi connectivity index (χ1) is 7.48. The molecule has 0 saturated carbocycles. The molecule has 1 aliphatic heterocycles. The molecule has 1 heterocycles. The lowest BCUT2D eigenvalue weighted by molar-refractivity contribution is 0.609. The maximum atomic E-state index is 11.2. The molecule has 0 saturated heterocycles. The van der Waals surface area contributed by atoms with Crippen LogP contribution >= 0.6 is 34.2 Å². The first-order valence-corrected chi connectivity index (χ1v) is 8.63. The highest BCUT2D eigenvalue weighted by Gasteiger charge is 2.14. The van der Waals surface area contributed by atoms with Gasteiger partial charge in [0.15, 0.2) is 0 Å². The largest absolute Gasteiger partial charge is 0.261 e. The average Bonchev–Trinajstić information content (AvgIpc) is 2.69. The van der Waals surface area contributed by atoms with Crippen LogP contribution in [0.25, 0.3) is 0 Å². The maximum Gasteiger partial charge on any atom is 0.261 e. The molecule has 6 heteroatoms. The Hall–Kier alpha value is -0.360. The molecule has 0 fully saturated rings. The summed E-state index contributed by atoms with van der Waals surface area (Å²) in [5.74, 6) is 0. The predicted molar refractivity (Wildman–Crippen MR) is 72.3 cm³/mol. The minimum absolute atomic E-state index is 0.123. The van der Waals surface area contributed by atoms with Crippen molar-refractivity contribution >= 4 is 43.3 Å². The Bertz CT molecular complexity index is 564. The lowest BCUT2D eigenvalue weighted by Gasteiger charge is -2.13. The van der Waals surface area contributed by atoms with Gasteiger partial charge in [-0.1, -0.05) is 12.2 Å². The molecular formula is C10H9ClO2S3. The summed E-state index contributed by atoms with van der Waals surface area (Å²) in [7, 11) is 1.05. The summed E-state index contributed by atoms with van der Waals surface area (Å²) in [6, 6.07) is 4.72. The van der Waals surface area contributed by atoms with Gasteiger partial charge in [-0.3, -0.25) is 0 Å². The summed E-state index contributed by atoms with van der Waals surface area (Å²) in [6.45, 7) is 0. The first-order valence-electron chi connectivity index (χ1n) is 4.39. The van der Waals surface area contributed by atoms with Crippen molar-refractivity contribution < 1.29 is 8.42 Å². The van der Waals surface area contributed by atoms with Crippen LogP contribution in [0.15, 0.2) is 55.9 Å². The fraction of sp³-hybridized carbons (Fsp3) is 0. The molecule has 16 heavy (non-hydrogen) atoms. The highest BCUT2D eigenvalue weighted by atomic mass is 35.7. The van der Waals surface area contributed by atoms with Gasteiger partial charge in [-0.2, -0.15) is 10.9 Å². The summed E-state index contributed by atoms with van der Waals surface area (Å²) in [5.41, 5.74) is 0. The molecule has 1 aromatic rings. The molecule has 0 radical (unpaired) electrons. The summed E-state index contributed by atoms with van der Waals surface area (Å²) < 4.78 is 22.4. The SMILES string of the molecule is O=S(=O)(Cl)c1ccc(S)c([SH]2C=CC=C2)c1. The quantitative estimate of drug-likeness (QED) is 0.648. The normalized spacial score (nSPS) is 17.0. The van der Waals surface area contributed by atoms with Crippen molar-refractivity contribution in [1.82, 2.24) is 0 Å². The number of allylic oxidation sites excluding steroid dienone is 2. The highest BCUT2D eigenvalue weighted by Crippen LogP contribution is 2.45. The third kappa shape index (κ3) is 2.48. The number of thiol groups is 2. The van der Waals surface area contributed by atoms with Crippen molar-refractivity contribution in [3.05, 3.63) is 41.2 Å². The topological polar surface area (TPSA) is 34.1 Å². The van der Waals surface area contributed by atoms with Gasteiger partial charge in [-0.15, -0.1) is 12.6 Å². The summed E-state index contributed by atoms with van der Waals surface area (Å²) >= 11 is 4.33. The summed E-state index contributed by atoms with van der Waals surface area (Å²) in [5, 5.41) is 4.07. The van der Waals surface area contributed by atoms with Gasteiger partial charge in [0.25, 0.3) is 9.05 Å². The van der Waals surface area contributed by atoms with E-state index in [1.54, 1.807) is 12.1 Å². The minimum Gasteiger partial charge on any atom is -0.207 e. The Labute approximate surface area is 107 Å². The van der Waals surface area contributed by atoms with Crippen molar-refractivity contribution in [2.45, 2.75) is 14.7 Å². The molecule has 2 rings (SSSR count). The molecule has 0 amide bonds. The molecule has 0 atom stereocenters. The molecule has 0 unspecified atom stereocenters. The Kier molecular flexibility index (Phi) is 3.39. The van der Waals surface area contributed by atoms with Crippen LogP contribution in [0.2, 0.25) is 0 Å². The number of hydrogen-bond donors (Lipinski definition) is 2. The van der Waals surface area contributed by atoms with Gasteiger partial charge in [-0.25, -0.2) is 8.42 Å². The number of halogens is 1. The highest BCUT2D eigenvalue weighted by molar-refractivity contribution is 8.22. The predicted octanol–water partition coefficient (Wildman–Crippen LogP) is 3.30. The van der Waals surface area contributed by atoms with Crippen LogP contribution in [-0.2, 0) is 9.05 Å². The van der Waals surface area contributed by atoms with Crippen LogP contribution in [-0.4, -0.2) is 8.42 Å². The van der Waals surface area contributed by atoms with Crippen molar-refractivity contribution in [3.63, 3.8) is 0 Å². The zero-order chi connectivity index (χ0) is 11.8. The van der Waals surface area contributed by atoms with E-state index < -0.39 is 19.9 Å². The van der Waals surface area contributed by atoms with E-state index in [4.69, 9.17) is 10.7 Å². The zero-order valence-electron chi connectivity index (χ0n) is 8.04. The molecule has 1 aliphatic rings. The van der Waals surface area contributed by atoms with E-state index in [1.807, 2.05) is 23.0 Å². The van der Waals surface area contributed by atoms with E-state index >= 15 is 0 Å². The van der Waals surface area contributed by atoms with Crippen LogP contribution in [0.3, 0.4) is 0 Å². The van der Waals surface area contributed by atoms with Crippen molar-refractivity contribution in [2.24, 2.45) is 0 Å². The van der Waals surface area contributed by atoms with Crippen LogP contribution in [0.5, 0.6) is 0 Å². The number of rotatable bonds is 2. The fourth-order valence-electron chi connectivity index (χ4n) is 1.36. The smallest absolute Gasteiger partial charge is 0.207 e. The molecule has 0 aliphatic carbocycles. The molecule has 0 bridgehead atoms. The summed E-state index contributed by atoms with van der Waals surface area (Å²) in [4.78, 5) is 1.81. The lowest BCUT2D eigenvalue weighted by atomic mass is 10.4. The molecular weight excluding hydrogens is 284 g/mol. The molecule has 2 nitrogen and oxygen atoms in total. The number of benzene rings is 1. The van der Waals surface area contributed by atoms with Crippen LogP contribution in [0.1, 0.15) is 0 Å². The monoisotopic (exact) mass is 292 g/mol. The van der Waals surface area contributed by atoms with Gasteiger partial charge in [0, 0.05) is 20.5 Å². The van der Waals surface area contributed by atoms with E-state index in [9.17, 15) is 8.42 Å².